The van der Waals surface area contributed by atoms with Crippen molar-refractivity contribution < 1.29 is 9.90 Å². The third-order valence-corrected chi connectivity index (χ3v) is 2.43. The highest BCUT2D eigenvalue weighted by molar-refractivity contribution is 5.93. The molecule has 0 aliphatic rings. The number of likely N-dealkylation sites (N-methyl/N-ethyl adjacent to an activating group) is 1. The topological polar surface area (TPSA) is 78.6 Å². The third kappa shape index (κ3) is 4.42. The molecule has 0 spiro atoms. The second-order valence-electron chi connectivity index (χ2n) is 4.08. The maximum absolute atomic E-state index is 11.7. The number of hydrogen-bond donors (Lipinski definition) is 3. The molecule has 94 valence electrons. The summed E-state index contributed by atoms with van der Waals surface area (Å²) in [6.07, 6.45) is 0. The Morgan fingerprint density at radius 1 is 1.53 bits per heavy atom. The van der Waals surface area contributed by atoms with E-state index in [1.807, 2.05) is 13.0 Å². The van der Waals surface area contributed by atoms with Crippen molar-refractivity contribution in [1.29, 1.82) is 0 Å². The highest BCUT2D eigenvalue weighted by Crippen LogP contribution is 2.17. The van der Waals surface area contributed by atoms with Gasteiger partial charge in [-0.1, -0.05) is 6.07 Å². The van der Waals surface area contributed by atoms with Gasteiger partial charge in [-0.3, -0.25) is 9.69 Å². The van der Waals surface area contributed by atoms with Crippen LogP contribution in [0.25, 0.3) is 0 Å². The van der Waals surface area contributed by atoms with E-state index in [4.69, 9.17) is 10.8 Å². The lowest BCUT2D eigenvalue weighted by Gasteiger charge is -2.15. The Labute approximate surface area is 101 Å². The fraction of sp³-hybridized carbons (Fsp3) is 0.417. The van der Waals surface area contributed by atoms with Crippen LogP contribution in [0.15, 0.2) is 18.2 Å². The van der Waals surface area contributed by atoms with Crippen molar-refractivity contribution in [3.63, 3.8) is 0 Å². The average Bonchev–Trinajstić information content (AvgIpc) is 2.23. The molecule has 0 fully saturated rings. The Bertz CT molecular complexity index is 393. The van der Waals surface area contributed by atoms with Crippen LogP contribution in [0.3, 0.4) is 0 Å². The van der Waals surface area contributed by atoms with Gasteiger partial charge in [0.25, 0.3) is 0 Å². The van der Waals surface area contributed by atoms with Crippen LogP contribution in [0, 0.1) is 6.92 Å². The van der Waals surface area contributed by atoms with Crippen LogP contribution in [0.2, 0.25) is 0 Å². The van der Waals surface area contributed by atoms with E-state index in [9.17, 15) is 4.79 Å². The van der Waals surface area contributed by atoms with Crippen LogP contribution in [0.5, 0.6) is 0 Å². The first-order chi connectivity index (χ1) is 8.02. The molecule has 1 rings (SSSR count). The minimum Gasteiger partial charge on any atom is -0.399 e. The molecular formula is C12H19N3O2. The maximum atomic E-state index is 11.7. The Morgan fingerprint density at radius 3 is 2.88 bits per heavy atom. The largest absolute Gasteiger partial charge is 0.399 e. The molecular weight excluding hydrogens is 218 g/mol. The van der Waals surface area contributed by atoms with Gasteiger partial charge in [-0.2, -0.15) is 0 Å². The van der Waals surface area contributed by atoms with Crippen molar-refractivity contribution in [2.45, 2.75) is 6.92 Å². The van der Waals surface area contributed by atoms with Crippen LogP contribution < -0.4 is 11.1 Å². The van der Waals surface area contributed by atoms with Crippen LogP contribution in [0.4, 0.5) is 11.4 Å². The lowest BCUT2D eigenvalue weighted by Crippen LogP contribution is -2.32. The van der Waals surface area contributed by atoms with Gasteiger partial charge in [-0.05, 0) is 31.7 Å². The summed E-state index contributed by atoms with van der Waals surface area (Å²) >= 11 is 0. The van der Waals surface area contributed by atoms with Crippen molar-refractivity contribution in [1.82, 2.24) is 4.90 Å². The highest BCUT2D eigenvalue weighted by Gasteiger charge is 2.07. The molecule has 0 radical (unpaired) electrons. The number of hydrogen-bond acceptors (Lipinski definition) is 4. The number of aliphatic hydroxyl groups excluding tert-OH is 1. The van der Waals surface area contributed by atoms with Gasteiger partial charge in [0.2, 0.25) is 5.91 Å². The summed E-state index contributed by atoms with van der Waals surface area (Å²) in [7, 11) is 1.78. The first kappa shape index (κ1) is 13.5. The van der Waals surface area contributed by atoms with Gasteiger partial charge in [0, 0.05) is 17.9 Å². The van der Waals surface area contributed by atoms with Crippen molar-refractivity contribution in [3.05, 3.63) is 23.8 Å². The number of amides is 1. The normalized spacial score (nSPS) is 10.6. The third-order valence-electron chi connectivity index (χ3n) is 2.43. The quantitative estimate of drug-likeness (QED) is 0.649. The number of carbonyl (C=O) groups excluding carboxylic acids is 1. The van der Waals surface area contributed by atoms with E-state index >= 15 is 0 Å². The van der Waals surface area contributed by atoms with E-state index in [0.717, 1.165) is 11.3 Å². The number of nitrogens with one attached hydrogen (secondary N) is 1. The van der Waals surface area contributed by atoms with Crippen molar-refractivity contribution >= 4 is 17.3 Å². The summed E-state index contributed by atoms with van der Waals surface area (Å²) in [6, 6.07) is 5.39. The van der Waals surface area contributed by atoms with E-state index in [2.05, 4.69) is 5.32 Å². The minimum absolute atomic E-state index is 0.0428. The number of nitrogens with zero attached hydrogens (tertiary/aromatic N) is 1. The zero-order valence-corrected chi connectivity index (χ0v) is 10.2. The second-order valence-corrected chi connectivity index (χ2v) is 4.08. The van der Waals surface area contributed by atoms with Gasteiger partial charge in [0.05, 0.1) is 13.2 Å². The molecule has 0 saturated carbocycles. The molecule has 0 heterocycles. The Morgan fingerprint density at radius 2 is 2.24 bits per heavy atom. The lowest BCUT2D eigenvalue weighted by atomic mass is 10.2. The average molecular weight is 237 g/mol. The molecule has 1 amide bonds. The van der Waals surface area contributed by atoms with E-state index in [0.29, 0.717) is 12.2 Å². The number of rotatable bonds is 5. The molecule has 0 aliphatic heterocycles. The van der Waals surface area contributed by atoms with Crippen LogP contribution in [-0.4, -0.2) is 42.7 Å². The number of nitrogen functional groups attached to an aromatic ring is 1. The molecule has 0 saturated heterocycles. The summed E-state index contributed by atoms with van der Waals surface area (Å²) < 4.78 is 0. The standard InChI is InChI=1S/C12H19N3O2/c1-9-3-4-10(13)7-11(9)14-12(17)8-15(2)5-6-16/h3-4,7,16H,5-6,8,13H2,1-2H3,(H,14,17). The molecule has 0 bridgehead atoms. The lowest BCUT2D eigenvalue weighted by molar-refractivity contribution is -0.117. The Hall–Kier alpha value is -1.59. The van der Waals surface area contributed by atoms with Gasteiger partial charge < -0.3 is 16.2 Å². The summed E-state index contributed by atoms with van der Waals surface area (Å²) in [6.45, 7) is 2.67. The molecule has 1 aromatic rings. The molecule has 5 heteroatoms. The van der Waals surface area contributed by atoms with E-state index in [1.165, 1.54) is 0 Å². The zero-order chi connectivity index (χ0) is 12.8. The fourth-order valence-corrected chi connectivity index (χ4v) is 1.46. The molecule has 0 aromatic heterocycles. The van der Waals surface area contributed by atoms with Crippen molar-refractivity contribution in [2.24, 2.45) is 0 Å². The van der Waals surface area contributed by atoms with Gasteiger partial charge in [-0.15, -0.1) is 0 Å². The maximum Gasteiger partial charge on any atom is 0.238 e. The summed E-state index contributed by atoms with van der Waals surface area (Å²) in [5, 5.41) is 11.5. The summed E-state index contributed by atoms with van der Waals surface area (Å²) in [5.41, 5.74) is 7.98. The van der Waals surface area contributed by atoms with Crippen LogP contribution in [-0.2, 0) is 4.79 Å². The van der Waals surface area contributed by atoms with E-state index in [-0.39, 0.29) is 19.1 Å². The van der Waals surface area contributed by atoms with Crippen LogP contribution >= 0.6 is 0 Å². The zero-order valence-electron chi connectivity index (χ0n) is 10.2. The van der Waals surface area contributed by atoms with E-state index in [1.54, 1.807) is 24.1 Å². The molecule has 17 heavy (non-hydrogen) atoms. The monoisotopic (exact) mass is 237 g/mol. The minimum atomic E-state index is -0.116. The second kappa shape index (κ2) is 6.22. The first-order valence-corrected chi connectivity index (χ1v) is 5.48. The SMILES string of the molecule is Cc1ccc(N)cc1NC(=O)CN(C)CCO. The predicted octanol–water partition coefficient (Wildman–Crippen LogP) is 0.440. The first-order valence-electron chi connectivity index (χ1n) is 5.48. The van der Waals surface area contributed by atoms with E-state index < -0.39 is 0 Å². The van der Waals surface area contributed by atoms with Crippen molar-refractivity contribution in [3.8, 4) is 0 Å². The highest BCUT2D eigenvalue weighted by atomic mass is 16.3. The Kier molecular flexibility index (Phi) is 4.93. The molecule has 0 unspecified atom stereocenters. The number of aliphatic hydroxyl groups is 1. The fourth-order valence-electron chi connectivity index (χ4n) is 1.46. The van der Waals surface area contributed by atoms with Gasteiger partial charge in [-0.25, -0.2) is 0 Å². The van der Waals surface area contributed by atoms with Crippen molar-refractivity contribution in [2.75, 3.05) is 37.8 Å². The summed E-state index contributed by atoms with van der Waals surface area (Å²) in [4.78, 5) is 13.4. The van der Waals surface area contributed by atoms with Gasteiger partial charge >= 0.3 is 0 Å². The van der Waals surface area contributed by atoms with Crippen LogP contribution in [0.1, 0.15) is 5.56 Å². The number of benzene rings is 1. The van der Waals surface area contributed by atoms with Gasteiger partial charge in [0.15, 0.2) is 0 Å². The predicted molar refractivity (Wildman–Crippen MR) is 68.8 cm³/mol. The molecule has 0 atom stereocenters. The summed E-state index contributed by atoms with van der Waals surface area (Å²) in [5.74, 6) is -0.116. The number of nitrogens with two attached hydrogens (primary N) is 1. The number of aryl methyl sites for hydroxylation is 1. The molecule has 0 aliphatic carbocycles. The Balaban J connectivity index is 2.58. The molecule has 5 nitrogen and oxygen atoms in total. The smallest absolute Gasteiger partial charge is 0.238 e. The van der Waals surface area contributed by atoms with Gasteiger partial charge in [0.1, 0.15) is 0 Å². The molecule has 4 N–H and O–H groups in total. The number of carbonyl (C=O) groups is 1. The number of anilines is 2. The molecule has 1 aromatic carbocycles.